The Balaban J connectivity index is 2.04. The molecule has 3 aromatic rings. The third kappa shape index (κ3) is 1.73. The van der Waals surface area contributed by atoms with Gasteiger partial charge in [-0.25, -0.2) is 9.97 Å². The fourth-order valence-corrected chi connectivity index (χ4v) is 1.46. The third-order valence-corrected chi connectivity index (χ3v) is 2.21. The molecule has 3 rings (SSSR count). The number of hydrogen-bond acceptors (Lipinski definition) is 5. The predicted octanol–water partition coefficient (Wildman–Crippen LogP) is 0.785. The van der Waals surface area contributed by atoms with Gasteiger partial charge in [0.25, 0.3) is 5.56 Å². The van der Waals surface area contributed by atoms with Gasteiger partial charge in [0.05, 0.1) is 6.33 Å². The summed E-state index contributed by atoms with van der Waals surface area (Å²) in [5, 5.41) is 2.90. The molecule has 0 saturated carbocycles. The van der Waals surface area contributed by atoms with E-state index in [1.54, 1.807) is 18.3 Å². The topological polar surface area (TPSA) is 99.3 Å². The van der Waals surface area contributed by atoms with Gasteiger partial charge in [0.2, 0.25) is 5.95 Å². The largest absolute Gasteiger partial charge is 0.339 e. The van der Waals surface area contributed by atoms with Crippen LogP contribution in [-0.4, -0.2) is 24.9 Å². The number of aromatic amines is 2. The summed E-state index contributed by atoms with van der Waals surface area (Å²) in [6.45, 7) is 0. The number of hydrogen-bond donors (Lipinski definition) is 3. The lowest BCUT2D eigenvalue weighted by Crippen LogP contribution is -2.11. The molecule has 0 aliphatic heterocycles. The van der Waals surface area contributed by atoms with Crippen molar-refractivity contribution in [3.8, 4) is 0 Å². The molecule has 3 N–H and O–H groups in total. The first-order valence-electron chi connectivity index (χ1n) is 4.94. The highest BCUT2D eigenvalue weighted by Crippen LogP contribution is 2.08. The molecular formula is C10H8N6O. The molecule has 0 saturated heterocycles. The molecule has 3 aromatic heterocycles. The van der Waals surface area contributed by atoms with Crippen LogP contribution in [-0.2, 0) is 0 Å². The van der Waals surface area contributed by atoms with E-state index >= 15 is 0 Å². The maximum absolute atomic E-state index is 11.6. The highest BCUT2D eigenvalue weighted by atomic mass is 16.1. The second-order valence-corrected chi connectivity index (χ2v) is 3.36. The van der Waals surface area contributed by atoms with Crippen LogP contribution < -0.4 is 10.9 Å². The van der Waals surface area contributed by atoms with E-state index in [2.05, 4.69) is 30.2 Å². The van der Waals surface area contributed by atoms with E-state index in [4.69, 9.17) is 0 Å². The Morgan fingerprint density at radius 2 is 2.18 bits per heavy atom. The van der Waals surface area contributed by atoms with E-state index in [9.17, 15) is 4.79 Å². The van der Waals surface area contributed by atoms with Gasteiger partial charge in [-0.05, 0) is 12.1 Å². The molecule has 84 valence electrons. The lowest BCUT2D eigenvalue weighted by molar-refractivity contribution is 1.14. The smallest absolute Gasteiger partial charge is 0.278 e. The van der Waals surface area contributed by atoms with Gasteiger partial charge in [-0.1, -0.05) is 6.07 Å². The monoisotopic (exact) mass is 228 g/mol. The van der Waals surface area contributed by atoms with Crippen LogP contribution in [0.5, 0.6) is 0 Å². The van der Waals surface area contributed by atoms with Crippen LogP contribution in [0.3, 0.4) is 0 Å². The maximum Gasteiger partial charge on any atom is 0.278 e. The molecule has 17 heavy (non-hydrogen) atoms. The molecule has 0 fully saturated rings. The molecular weight excluding hydrogens is 220 g/mol. The highest BCUT2D eigenvalue weighted by Gasteiger charge is 2.05. The fourth-order valence-electron chi connectivity index (χ4n) is 1.46. The molecule has 0 spiro atoms. The third-order valence-electron chi connectivity index (χ3n) is 2.21. The van der Waals surface area contributed by atoms with Crippen molar-refractivity contribution >= 4 is 22.9 Å². The molecule has 0 radical (unpaired) electrons. The first-order chi connectivity index (χ1) is 8.33. The SMILES string of the molecule is O=c1[nH]c(Nc2ccccn2)nc2nc[nH]c12. The minimum absolute atomic E-state index is 0.272. The molecule has 0 unspecified atom stereocenters. The Bertz CT molecular complexity index is 701. The number of anilines is 2. The van der Waals surface area contributed by atoms with Crippen LogP contribution in [0, 0.1) is 0 Å². The zero-order valence-corrected chi connectivity index (χ0v) is 8.64. The minimum Gasteiger partial charge on any atom is -0.339 e. The molecule has 0 atom stereocenters. The first-order valence-corrected chi connectivity index (χ1v) is 4.94. The van der Waals surface area contributed by atoms with Gasteiger partial charge in [0, 0.05) is 6.20 Å². The van der Waals surface area contributed by atoms with Gasteiger partial charge in [0.1, 0.15) is 5.82 Å². The van der Waals surface area contributed by atoms with E-state index in [0.29, 0.717) is 22.9 Å². The van der Waals surface area contributed by atoms with Crippen molar-refractivity contribution in [3.05, 3.63) is 41.1 Å². The van der Waals surface area contributed by atoms with Crippen molar-refractivity contribution in [1.82, 2.24) is 24.9 Å². The highest BCUT2D eigenvalue weighted by molar-refractivity contribution is 5.70. The number of rotatable bonds is 2. The quantitative estimate of drug-likeness (QED) is 0.602. The summed E-state index contributed by atoms with van der Waals surface area (Å²) in [6.07, 6.45) is 3.07. The van der Waals surface area contributed by atoms with Gasteiger partial charge in [-0.3, -0.25) is 9.78 Å². The van der Waals surface area contributed by atoms with Crippen molar-refractivity contribution in [2.24, 2.45) is 0 Å². The van der Waals surface area contributed by atoms with Crippen molar-refractivity contribution < 1.29 is 0 Å². The number of nitrogens with zero attached hydrogens (tertiary/aromatic N) is 3. The Morgan fingerprint density at radius 3 is 3.00 bits per heavy atom. The fraction of sp³-hybridized carbons (Fsp3) is 0. The summed E-state index contributed by atoms with van der Waals surface area (Å²) in [5.41, 5.74) is 0.453. The summed E-state index contributed by atoms with van der Waals surface area (Å²) >= 11 is 0. The van der Waals surface area contributed by atoms with Crippen molar-refractivity contribution in [3.63, 3.8) is 0 Å². The van der Waals surface area contributed by atoms with Crippen LogP contribution >= 0.6 is 0 Å². The van der Waals surface area contributed by atoms with Gasteiger partial charge >= 0.3 is 0 Å². The van der Waals surface area contributed by atoms with Crippen LogP contribution in [0.1, 0.15) is 0 Å². The Kier molecular flexibility index (Phi) is 2.08. The van der Waals surface area contributed by atoms with E-state index in [0.717, 1.165) is 0 Å². The van der Waals surface area contributed by atoms with Crippen LogP contribution in [0.25, 0.3) is 11.2 Å². The average molecular weight is 228 g/mol. The first kappa shape index (κ1) is 9.52. The summed E-state index contributed by atoms with van der Waals surface area (Å²) in [5.74, 6) is 0.916. The minimum atomic E-state index is -0.272. The maximum atomic E-state index is 11.6. The normalized spacial score (nSPS) is 10.6. The van der Waals surface area contributed by atoms with E-state index in [-0.39, 0.29) is 5.56 Å². The van der Waals surface area contributed by atoms with Crippen molar-refractivity contribution in [2.75, 3.05) is 5.32 Å². The van der Waals surface area contributed by atoms with E-state index in [1.165, 1.54) is 6.33 Å². The van der Waals surface area contributed by atoms with Gasteiger partial charge in [-0.15, -0.1) is 0 Å². The number of nitrogens with one attached hydrogen (secondary N) is 3. The van der Waals surface area contributed by atoms with Crippen LogP contribution in [0.4, 0.5) is 11.8 Å². The standard InChI is InChI=1S/C10H8N6O/c17-9-7-8(13-5-12-7)15-10(16-9)14-6-3-1-2-4-11-6/h1-5H,(H3,11,12,13,14,15,16,17). The lowest BCUT2D eigenvalue weighted by atomic mass is 10.5. The number of pyridine rings is 1. The summed E-state index contributed by atoms with van der Waals surface area (Å²) < 4.78 is 0. The second kappa shape index (κ2) is 3.71. The van der Waals surface area contributed by atoms with E-state index in [1.807, 2.05) is 6.07 Å². The Hall–Kier alpha value is -2.70. The van der Waals surface area contributed by atoms with Gasteiger partial charge in [-0.2, -0.15) is 4.98 Å². The Labute approximate surface area is 95.0 Å². The lowest BCUT2D eigenvalue weighted by Gasteiger charge is -2.02. The molecule has 0 amide bonds. The molecule has 0 aromatic carbocycles. The zero-order valence-electron chi connectivity index (χ0n) is 8.64. The number of aromatic nitrogens is 5. The van der Waals surface area contributed by atoms with E-state index < -0.39 is 0 Å². The molecule has 7 heteroatoms. The summed E-state index contributed by atoms with van der Waals surface area (Å²) in [6, 6.07) is 5.41. The number of H-pyrrole nitrogens is 2. The van der Waals surface area contributed by atoms with Gasteiger partial charge < -0.3 is 10.3 Å². The molecule has 3 heterocycles. The van der Waals surface area contributed by atoms with Gasteiger partial charge in [0.15, 0.2) is 11.2 Å². The van der Waals surface area contributed by atoms with Crippen LogP contribution in [0.2, 0.25) is 0 Å². The number of fused-ring (bicyclic) bond motifs is 1. The Morgan fingerprint density at radius 1 is 1.24 bits per heavy atom. The molecule has 0 aliphatic rings. The average Bonchev–Trinajstić information content (AvgIpc) is 2.79. The zero-order chi connectivity index (χ0) is 11.7. The molecule has 7 nitrogen and oxygen atoms in total. The second-order valence-electron chi connectivity index (χ2n) is 3.36. The molecule has 0 aliphatic carbocycles. The summed E-state index contributed by atoms with van der Waals surface area (Å²) in [7, 11) is 0. The van der Waals surface area contributed by atoms with Crippen LogP contribution in [0.15, 0.2) is 35.5 Å². The van der Waals surface area contributed by atoms with Crippen molar-refractivity contribution in [2.45, 2.75) is 0 Å². The number of imidazole rings is 1. The predicted molar refractivity (Wildman–Crippen MR) is 62.0 cm³/mol. The summed E-state index contributed by atoms with van der Waals surface area (Å²) in [4.78, 5) is 29.1. The van der Waals surface area contributed by atoms with Crippen molar-refractivity contribution in [1.29, 1.82) is 0 Å². The molecule has 0 bridgehead atoms.